The molecule has 27 heavy (non-hydrogen) atoms. The van der Waals surface area contributed by atoms with E-state index in [1.807, 2.05) is 0 Å². The van der Waals surface area contributed by atoms with Crippen LogP contribution in [-0.2, 0) is 16.1 Å². The SMILES string of the molecule is CC(C)N1C(=O)[C@@H]2[C@@H](CCN2C(=O)C2CC2)N(Cc2cccc(F)c2)C1=O. The van der Waals surface area contributed by atoms with E-state index in [0.717, 1.165) is 12.8 Å². The lowest BCUT2D eigenvalue weighted by Crippen LogP contribution is -2.67. The molecule has 0 bridgehead atoms. The molecule has 0 aromatic heterocycles. The van der Waals surface area contributed by atoms with Gasteiger partial charge in [0.1, 0.15) is 11.9 Å². The van der Waals surface area contributed by atoms with Gasteiger partial charge >= 0.3 is 6.03 Å². The van der Waals surface area contributed by atoms with Gasteiger partial charge in [0.15, 0.2) is 0 Å². The van der Waals surface area contributed by atoms with Crippen molar-refractivity contribution in [3.05, 3.63) is 35.6 Å². The second-order valence-electron chi connectivity index (χ2n) is 7.95. The third kappa shape index (κ3) is 3.09. The highest BCUT2D eigenvalue weighted by molar-refractivity contribution is 6.03. The summed E-state index contributed by atoms with van der Waals surface area (Å²) in [6.07, 6.45) is 2.32. The molecular formula is C20H24FN3O3. The van der Waals surface area contributed by atoms with Gasteiger partial charge in [0.25, 0.3) is 5.91 Å². The summed E-state index contributed by atoms with van der Waals surface area (Å²) in [7, 11) is 0. The Kier molecular flexibility index (Phi) is 4.40. The summed E-state index contributed by atoms with van der Waals surface area (Å²) in [5.74, 6) is -0.595. The van der Waals surface area contributed by atoms with Crippen molar-refractivity contribution < 1.29 is 18.8 Å². The van der Waals surface area contributed by atoms with E-state index in [9.17, 15) is 18.8 Å². The number of imide groups is 1. The molecule has 4 amide bonds. The van der Waals surface area contributed by atoms with Gasteiger partial charge < -0.3 is 9.80 Å². The molecular weight excluding hydrogens is 349 g/mol. The molecule has 1 aromatic carbocycles. The lowest BCUT2D eigenvalue weighted by atomic mass is 10.0. The van der Waals surface area contributed by atoms with Crippen molar-refractivity contribution in [1.29, 1.82) is 0 Å². The Balaban J connectivity index is 1.66. The topological polar surface area (TPSA) is 60.9 Å². The molecule has 0 radical (unpaired) electrons. The van der Waals surface area contributed by atoms with Crippen molar-refractivity contribution in [2.24, 2.45) is 5.92 Å². The molecule has 144 valence electrons. The minimum absolute atomic E-state index is 0.0262. The van der Waals surface area contributed by atoms with Crippen molar-refractivity contribution in [3.63, 3.8) is 0 Å². The highest BCUT2D eigenvalue weighted by Gasteiger charge is 2.54. The normalized spacial score (nSPS) is 25.4. The number of carbonyl (C=O) groups excluding carboxylic acids is 3. The summed E-state index contributed by atoms with van der Waals surface area (Å²) < 4.78 is 13.6. The van der Waals surface area contributed by atoms with Crippen LogP contribution in [0, 0.1) is 11.7 Å². The lowest BCUT2D eigenvalue weighted by molar-refractivity contribution is -0.148. The number of carbonyl (C=O) groups is 3. The Labute approximate surface area is 157 Å². The van der Waals surface area contributed by atoms with Crippen LogP contribution in [0.5, 0.6) is 0 Å². The lowest BCUT2D eigenvalue weighted by Gasteiger charge is -2.45. The number of rotatable bonds is 4. The smallest absolute Gasteiger partial charge is 0.327 e. The monoisotopic (exact) mass is 373 g/mol. The first kappa shape index (κ1) is 17.9. The van der Waals surface area contributed by atoms with Crippen LogP contribution < -0.4 is 0 Å². The van der Waals surface area contributed by atoms with Gasteiger partial charge in [-0.05, 0) is 50.8 Å². The van der Waals surface area contributed by atoms with Crippen LogP contribution in [0.1, 0.15) is 38.7 Å². The third-order valence-electron chi connectivity index (χ3n) is 5.68. The van der Waals surface area contributed by atoms with Gasteiger partial charge in [-0.25, -0.2) is 9.18 Å². The zero-order chi connectivity index (χ0) is 19.3. The van der Waals surface area contributed by atoms with Gasteiger partial charge in [0, 0.05) is 25.0 Å². The minimum Gasteiger partial charge on any atom is -0.328 e. The second-order valence-corrected chi connectivity index (χ2v) is 7.95. The second kappa shape index (κ2) is 6.62. The Hall–Kier alpha value is -2.44. The largest absolute Gasteiger partial charge is 0.328 e. The fourth-order valence-corrected chi connectivity index (χ4v) is 4.22. The number of hydrogen-bond acceptors (Lipinski definition) is 3. The molecule has 2 atom stereocenters. The van der Waals surface area contributed by atoms with Crippen LogP contribution >= 0.6 is 0 Å². The van der Waals surface area contributed by atoms with E-state index >= 15 is 0 Å². The zero-order valence-electron chi connectivity index (χ0n) is 15.6. The molecule has 1 aromatic rings. The third-order valence-corrected chi connectivity index (χ3v) is 5.68. The first-order chi connectivity index (χ1) is 12.9. The molecule has 3 aliphatic rings. The predicted octanol–water partition coefficient (Wildman–Crippen LogP) is 2.38. The number of likely N-dealkylation sites (tertiary alicyclic amines) is 1. The van der Waals surface area contributed by atoms with Crippen LogP contribution in [0.2, 0.25) is 0 Å². The summed E-state index contributed by atoms with van der Waals surface area (Å²) in [5.41, 5.74) is 0.673. The van der Waals surface area contributed by atoms with Gasteiger partial charge in [-0.15, -0.1) is 0 Å². The number of fused-ring (bicyclic) bond motifs is 1. The summed E-state index contributed by atoms with van der Waals surface area (Å²) in [6, 6.07) is 4.49. The minimum atomic E-state index is -0.633. The van der Waals surface area contributed by atoms with Crippen molar-refractivity contribution >= 4 is 17.8 Å². The highest BCUT2D eigenvalue weighted by atomic mass is 19.1. The van der Waals surface area contributed by atoms with E-state index in [4.69, 9.17) is 0 Å². The zero-order valence-corrected chi connectivity index (χ0v) is 15.6. The van der Waals surface area contributed by atoms with Crippen LogP contribution in [0.3, 0.4) is 0 Å². The number of amides is 4. The highest BCUT2D eigenvalue weighted by Crippen LogP contribution is 2.37. The first-order valence-electron chi connectivity index (χ1n) is 9.57. The quantitative estimate of drug-likeness (QED) is 0.814. The van der Waals surface area contributed by atoms with Gasteiger partial charge in [-0.1, -0.05) is 12.1 Å². The van der Waals surface area contributed by atoms with Gasteiger partial charge in [-0.3, -0.25) is 14.5 Å². The number of nitrogens with zero attached hydrogens (tertiary/aromatic N) is 3. The van der Waals surface area contributed by atoms with Gasteiger partial charge in [0.2, 0.25) is 5.91 Å². The molecule has 1 saturated carbocycles. The maximum Gasteiger partial charge on any atom is 0.327 e. The fourth-order valence-electron chi connectivity index (χ4n) is 4.22. The first-order valence-corrected chi connectivity index (χ1v) is 9.57. The van der Waals surface area contributed by atoms with Crippen molar-refractivity contribution in [3.8, 4) is 0 Å². The Morgan fingerprint density at radius 2 is 1.96 bits per heavy atom. The summed E-state index contributed by atoms with van der Waals surface area (Å²) in [4.78, 5) is 43.4. The Morgan fingerprint density at radius 1 is 1.22 bits per heavy atom. The van der Waals surface area contributed by atoms with E-state index in [1.165, 1.54) is 17.0 Å². The molecule has 7 heteroatoms. The molecule has 0 N–H and O–H groups in total. The maximum atomic E-state index is 13.6. The van der Waals surface area contributed by atoms with Crippen LogP contribution in [-0.4, -0.2) is 57.2 Å². The van der Waals surface area contributed by atoms with E-state index in [2.05, 4.69) is 0 Å². The molecule has 2 aliphatic heterocycles. The van der Waals surface area contributed by atoms with Crippen LogP contribution in [0.15, 0.2) is 24.3 Å². The van der Waals surface area contributed by atoms with E-state index in [0.29, 0.717) is 18.5 Å². The molecule has 2 heterocycles. The van der Waals surface area contributed by atoms with Crippen molar-refractivity contribution in [1.82, 2.24) is 14.7 Å². The molecule has 6 nitrogen and oxygen atoms in total. The van der Waals surface area contributed by atoms with Crippen molar-refractivity contribution in [2.75, 3.05) is 6.54 Å². The summed E-state index contributed by atoms with van der Waals surface area (Å²) >= 11 is 0. The maximum absolute atomic E-state index is 13.6. The van der Waals surface area contributed by atoms with Crippen molar-refractivity contribution in [2.45, 2.75) is 57.8 Å². The predicted molar refractivity (Wildman–Crippen MR) is 96.0 cm³/mol. The summed E-state index contributed by atoms with van der Waals surface area (Å²) in [5, 5.41) is 0. The molecule has 1 aliphatic carbocycles. The number of benzene rings is 1. The van der Waals surface area contributed by atoms with Gasteiger partial charge in [0.05, 0.1) is 6.04 Å². The van der Waals surface area contributed by atoms with E-state index in [-0.39, 0.29) is 48.2 Å². The molecule has 0 unspecified atom stereocenters. The fraction of sp³-hybridized carbons (Fsp3) is 0.550. The average Bonchev–Trinajstić information content (AvgIpc) is 3.36. The van der Waals surface area contributed by atoms with E-state index in [1.54, 1.807) is 35.8 Å². The van der Waals surface area contributed by atoms with Crippen LogP contribution in [0.25, 0.3) is 0 Å². The Bertz CT molecular complexity index is 792. The number of hydrogen-bond donors (Lipinski definition) is 0. The molecule has 3 fully saturated rings. The van der Waals surface area contributed by atoms with Crippen LogP contribution in [0.4, 0.5) is 9.18 Å². The Morgan fingerprint density at radius 3 is 2.59 bits per heavy atom. The average molecular weight is 373 g/mol. The van der Waals surface area contributed by atoms with Gasteiger partial charge in [-0.2, -0.15) is 0 Å². The number of halogens is 1. The molecule has 4 rings (SSSR count). The molecule has 0 spiro atoms. The van der Waals surface area contributed by atoms with E-state index < -0.39 is 6.04 Å². The summed E-state index contributed by atoms with van der Waals surface area (Å²) in [6.45, 7) is 4.28. The number of urea groups is 1. The standard InChI is InChI=1S/C20H24FN3O3/c1-12(2)24-19(26)17-16(8-9-22(17)18(25)14-6-7-14)23(20(24)27)11-13-4-3-5-15(21)10-13/h3-5,10,12,14,16-17H,6-9,11H2,1-2H3/t16-,17+/m1/s1. The molecule has 2 saturated heterocycles.